The molecule has 7 heteroatoms. The van der Waals surface area contributed by atoms with E-state index in [2.05, 4.69) is 43.2 Å². The minimum absolute atomic E-state index is 0.146. The van der Waals surface area contributed by atoms with E-state index >= 15 is 0 Å². The molecule has 2 aliphatic heterocycles. The Bertz CT molecular complexity index is 632. The number of piperidine rings is 1. The Morgan fingerprint density at radius 3 is 2.36 bits per heavy atom. The van der Waals surface area contributed by atoms with E-state index in [1.165, 1.54) is 40.9 Å². The molecule has 1 saturated carbocycles. The van der Waals surface area contributed by atoms with Crippen LogP contribution in [0.25, 0.3) is 0 Å². The van der Waals surface area contributed by atoms with Crippen molar-refractivity contribution in [1.29, 1.82) is 0 Å². The molecule has 0 aromatic carbocycles. The fourth-order valence-electron chi connectivity index (χ4n) is 4.85. The maximum atomic E-state index is 12.7. The van der Waals surface area contributed by atoms with Gasteiger partial charge in [-0.2, -0.15) is 0 Å². The highest BCUT2D eigenvalue weighted by Gasteiger charge is 2.27. The van der Waals surface area contributed by atoms with E-state index in [-0.39, 0.29) is 6.03 Å². The number of carbonyl (C=O) groups is 1. The average Bonchev–Trinajstić information content (AvgIpc) is 3.36. The summed E-state index contributed by atoms with van der Waals surface area (Å²) in [4.78, 5) is 21.1. The number of hydrogen-bond acceptors (Lipinski definition) is 4. The summed E-state index contributed by atoms with van der Waals surface area (Å²) in [5, 5.41) is 3.31. The molecule has 156 valence electrons. The zero-order valence-electron chi connectivity index (χ0n) is 16.7. The van der Waals surface area contributed by atoms with E-state index in [1.54, 1.807) is 11.3 Å². The lowest BCUT2D eigenvalue weighted by Crippen LogP contribution is -2.54. The Labute approximate surface area is 181 Å². The van der Waals surface area contributed by atoms with Crippen LogP contribution in [0.2, 0.25) is 0 Å². The number of urea groups is 1. The van der Waals surface area contributed by atoms with Crippen LogP contribution < -0.4 is 5.32 Å². The lowest BCUT2D eigenvalue weighted by Gasteiger charge is -2.37. The molecule has 4 rings (SSSR count). The van der Waals surface area contributed by atoms with Crippen molar-refractivity contribution >= 4 is 33.3 Å². The average molecular weight is 469 g/mol. The normalized spacial score (nSPS) is 23.4. The lowest BCUT2D eigenvalue weighted by molar-refractivity contribution is 0.127. The third-order valence-electron chi connectivity index (χ3n) is 6.57. The number of nitrogens with zero attached hydrogens (tertiary/aromatic N) is 3. The summed E-state index contributed by atoms with van der Waals surface area (Å²) in [6.07, 6.45) is 7.90. The lowest BCUT2D eigenvalue weighted by atomic mass is 10.0. The maximum Gasteiger partial charge on any atom is 0.317 e. The van der Waals surface area contributed by atoms with Gasteiger partial charge in [0.25, 0.3) is 0 Å². The van der Waals surface area contributed by atoms with Crippen molar-refractivity contribution < 1.29 is 4.79 Å². The molecule has 0 unspecified atom stereocenters. The van der Waals surface area contributed by atoms with E-state index in [0.29, 0.717) is 6.04 Å². The highest BCUT2D eigenvalue weighted by Crippen LogP contribution is 2.26. The van der Waals surface area contributed by atoms with Crippen molar-refractivity contribution in [1.82, 2.24) is 20.0 Å². The molecule has 3 fully saturated rings. The molecule has 2 saturated heterocycles. The van der Waals surface area contributed by atoms with Gasteiger partial charge in [-0.25, -0.2) is 4.79 Å². The quantitative estimate of drug-likeness (QED) is 0.709. The van der Waals surface area contributed by atoms with Gasteiger partial charge in [0, 0.05) is 63.3 Å². The molecule has 2 amide bonds. The topological polar surface area (TPSA) is 38.8 Å². The zero-order chi connectivity index (χ0) is 19.3. The molecule has 3 heterocycles. The SMILES string of the molecule is O=C(NC1CCN(CC2CCCC2)CC1)N1CCN(Cc2ccc(Br)s2)CC1. The first-order valence-corrected chi connectivity index (χ1v) is 12.5. The van der Waals surface area contributed by atoms with E-state index in [0.717, 1.165) is 64.6 Å². The summed E-state index contributed by atoms with van der Waals surface area (Å²) in [6, 6.07) is 4.80. The number of halogens is 1. The molecular formula is C21H33BrN4OS. The summed E-state index contributed by atoms with van der Waals surface area (Å²) in [6.45, 7) is 8.15. The van der Waals surface area contributed by atoms with Crippen LogP contribution in [0.5, 0.6) is 0 Å². The molecule has 5 nitrogen and oxygen atoms in total. The Kier molecular flexibility index (Phi) is 7.31. The maximum absolute atomic E-state index is 12.7. The zero-order valence-corrected chi connectivity index (χ0v) is 19.1. The summed E-state index contributed by atoms with van der Waals surface area (Å²) in [7, 11) is 0. The van der Waals surface area contributed by atoms with Crippen molar-refractivity contribution in [3.63, 3.8) is 0 Å². The highest BCUT2D eigenvalue weighted by atomic mass is 79.9. The molecule has 0 bridgehead atoms. The molecule has 1 N–H and O–H groups in total. The van der Waals surface area contributed by atoms with Crippen molar-refractivity contribution in [2.75, 3.05) is 45.8 Å². The fraction of sp³-hybridized carbons (Fsp3) is 0.762. The Balaban J connectivity index is 1.14. The van der Waals surface area contributed by atoms with Crippen LogP contribution >= 0.6 is 27.3 Å². The molecule has 3 aliphatic rings. The van der Waals surface area contributed by atoms with Crippen LogP contribution in [0.4, 0.5) is 4.79 Å². The first kappa shape index (κ1) is 20.6. The number of thiophene rings is 1. The van der Waals surface area contributed by atoms with Gasteiger partial charge in [0.15, 0.2) is 0 Å². The van der Waals surface area contributed by atoms with Crippen molar-refractivity contribution in [2.45, 2.75) is 51.1 Å². The summed E-state index contributed by atoms with van der Waals surface area (Å²) >= 11 is 5.33. The Hall–Kier alpha value is -0.630. The van der Waals surface area contributed by atoms with Gasteiger partial charge in [-0.1, -0.05) is 12.8 Å². The van der Waals surface area contributed by atoms with Crippen molar-refractivity contribution in [3.8, 4) is 0 Å². The molecule has 1 aliphatic carbocycles. The van der Waals surface area contributed by atoms with Crippen LogP contribution in [-0.2, 0) is 6.54 Å². The molecule has 28 heavy (non-hydrogen) atoms. The van der Waals surface area contributed by atoms with Crippen molar-refractivity contribution in [2.24, 2.45) is 5.92 Å². The van der Waals surface area contributed by atoms with Gasteiger partial charge in [-0.3, -0.25) is 4.90 Å². The van der Waals surface area contributed by atoms with Gasteiger partial charge in [0.1, 0.15) is 0 Å². The number of amides is 2. The van der Waals surface area contributed by atoms with Crippen LogP contribution in [0, 0.1) is 5.92 Å². The Morgan fingerprint density at radius 1 is 1.00 bits per heavy atom. The first-order chi connectivity index (χ1) is 13.7. The van der Waals surface area contributed by atoms with Gasteiger partial charge in [-0.15, -0.1) is 11.3 Å². The standard InChI is InChI=1S/C21H33BrN4OS/c22-20-6-5-19(28-20)16-25-11-13-26(14-12-25)21(27)23-18-7-9-24(10-8-18)15-17-3-1-2-4-17/h5-6,17-18H,1-4,7-16H2,(H,23,27). The number of hydrogen-bond donors (Lipinski definition) is 1. The number of piperazine rings is 1. The molecular weight excluding hydrogens is 436 g/mol. The first-order valence-electron chi connectivity index (χ1n) is 10.9. The van der Waals surface area contributed by atoms with Crippen molar-refractivity contribution in [3.05, 3.63) is 20.8 Å². The van der Waals surface area contributed by atoms with E-state index in [1.807, 2.05) is 4.90 Å². The van der Waals surface area contributed by atoms with Gasteiger partial charge >= 0.3 is 6.03 Å². The minimum atomic E-state index is 0.146. The highest BCUT2D eigenvalue weighted by molar-refractivity contribution is 9.11. The third kappa shape index (κ3) is 5.71. The van der Waals surface area contributed by atoms with Gasteiger partial charge in [0.2, 0.25) is 0 Å². The largest absolute Gasteiger partial charge is 0.335 e. The molecule has 0 radical (unpaired) electrons. The number of nitrogens with one attached hydrogen (secondary N) is 1. The smallest absolute Gasteiger partial charge is 0.317 e. The summed E-state index contributed by atoms with van der Waals surface area (Å²) in [5.74, 6) is 0.928. The molecule has 0 atom stereocenters. The monoisotopic (exact) mass is 468 g/mol. The Morgan fingerprint density at radius 2 is 1.71 bits per heavy atom. The molecule has 0 spiro atoms. The van der Waals surface area contributed by atoms with E-state index < -0.39 is 0 Å². The summed E-state index contributed by atoms with van der Waals surface area (Å²) in [5.41, 5.74) is 0. The van der Waals surface area contributed by atoms with Crippen LogP contribution in [0.15, 0.2) is 15.9 Å². The second-order valence-electron chi connectivity index (χ2n) is 8.64. The second kappa shape index (κ2) is 9.92. The predicted molar refractivity (Wildman–Crippen MR) is 119 cm³/mol. The van der Waals surface area contributed by atoms with Gasteiger partial charge in [-0.05, 0) is 59.7 Å². The third-order valence-corrected chi connectivity index (χ3v) is 8.18. The van der Waals surface area contributed by atoms with E-state index in [4.69, 9.17) is 0 Å². The summed E-state index contributed by atoms with van der Waals surface area (Å²) < 4.78 is 1.19. The second-order valence-corrected chi connectivity index (χ2v) is 11.2. The molecule has 1 aromatic heterocycles. The minimum Gasteiger partial charge on any atom is -0.335 e. The van der Waals surface area contributed by atoms with Gasteiger partial charge < -0.3 is 15.1 Å². The van der Waals surface area contributed by atoms with Crippen LogP contribution in [-0.4, -0.2) is 72.6 Å². The van der Waals surface area contributed by atoms with Crippen LogP contribution in [0.1, 0.15) is 43.4 Å². The molecule has 1 aromatic rings. The van der Waals surface area contributed by atoms with Gasteiger partial charge in [0.05, 0.1) is 3.79 Å². The predicted octanol–water partition coefficient (Wildman–Crippen LogP) is 3.99. The van der Waals surface area contributed by atoms with Crippen LogP contribution in [0.3, 0.4) is 0 Å². The number of likely N-dealkylation sites (tertiary alicyclic amines) is 1. The number of rotatable bonds is 5. The van der Waals surface area contributed by atoms with E-state index in [9.17, 15) is 4.79 Å². The number of carbonyl (C=O) groups excluding carboxylic acids is 1. The fourth-order valence-corrected chi connectivity index (χ4v) is 6.38.